The molecule has 1 aromatic rings. The summed E-state index contributed by atoms with van der Waals surface area (Å²) in [6, 6.07) is 4.51. The average molecular weight is 306 g/mol. The Kier molecular flexibility index (Phi) is 5.31. The molecular formula is C17H26N2OS. The number of hydrogen-bond donors (Lipinski definition) is 2. The van der Waals surface area contributed by atoms with E-state index in [0.717, 1.165) is 19.4 Å². The van der Waals surface area contributed by atoms with Gasteiger partial charge in [-0.3, -0.25) is 4.79 Å². The van der Waals surface area contributed by atoms with E-state index in [2.05, 4.69) is 28.1 Å². The van der Waals surface area contributed by atoms with Crippen LogP contribution in [-0.4, -0.2) is 18.5 Å². The van der Waals surface area contributed by atoms with Crippen LogP contribution in [0.3, 0.4) is 0 Å². The van der Waals surface area contributed by atoms with Crippen molar-refractivity contribution in [1.82, 2.24) is 10.6 Å². The Labute approximate surface area is 131 Å². The third-order valence-electron chi connectivity index (χ3n) is 4.90. The normalized spacial score (nSPS) is 25.4. The molecule has 3 nitrogen and oxygen atoms in total. The van der Waals surface area contributed by atoms with Crippen molar-refractivity contribution in [2.45, 2.75) is 63.5 Å². The third kappa shape index (κ3) is 3.86. The molecule has 2 aliphatic rings. The van der Waals surface area contributed by atoms with E-state index >= 15 is 0 Å². The third-order valence-corrected chi connectivity index (χ3v) is 5.85. The summed E-state index contributed by atoms with van der Waals surface area (Å²) in [6.45, 7) is 0.977. The number of nitrogens with one attached hydrogen (secondary N) is 2. The van der Waals surface area contributed by atoms with Crippen molar-refractivity contribution >= 4 is 17.2 Å². The second-order valence-electron chi connectivity index (χ2n) is 6.40. The molecule has 3 rings (SSSR count). The number of thiophene rings is 1. The van der Waals surface area contributed by atoms with E-state index in [1.807, 2.05) is 0 Å². The minimum atomic E-state index is 0.0105. The summed E-state index contributed by atoms with van der Waals surface area (Å²) in [4.78, 5) is 14.0. The topological polar surface area (TPSA) is 41.1 Å². The number of amides is 1. The summed E-state index contributed by atoms with van der Waals surface area (Å²) in [5, 5.41) is 8.90. The van der Waals surface area contributed by atoms with Gasteiger partial charge in [0.25, 0.3) is 0 Å². The van der Waals surface area contributed by atoms with Gasteiger partial charge in [0.05, 0.1) is 12.1 Å². The zero-order chi connectivity index (χ0) is 14.5. The van der Waals surface area contributed by atoms with E-state index in [9.17, 15) is 4.79 Å². The second kappa shape index (κ2) is 7.41. The Morgan fingerprint density at radius 1 is 1.19 bits per heavy atom. The molecule has 21 heavy (non-hydrogen) atoms. The van der Waals surface area contributed by atoms with Crippen molar-refractivity contribution in [3.8, 4) is 0 Å². The van der Waals surface area contributed by atoms with Crippen molar-refractivity contribution in [3.05, 3.63) is 22.4 Å². The van der Waals surface area contributed by atoms with Gasteiger partial charge in [0, 0.05) is 4.88 Å². The molecule has 1 aliphatic heterocycles. The monoisotopic (exact) mass is 306 g/mol. The first-order valence-corrected chi connectivity index (χ1v) is 9.30. The van der Waals surface area contributed by atoms with Gasteiger partial charge in [0.15, 0.2) is 0 Å². The maximum atomic E-state index is 12.6. The molecule has 2 unspecified atom stereocenters. The van der Waals surface area contributed by atoms with Gasteiger partial charge in [-0.1, -0.05) is 31.7 Å². The molecule has 1 amide bonds. The molecule has 0 bridgehead atoms. The quantitative estimate of drug-likeness (QED) is 0.892. The molecule has 2 atom stereocenters. The van der Waals surface area contributed by atoms with Gasteiger partial charge in [-0.05, 0) is 49.6 Å². The molecule has 116 valence electrons. The minimum Gasteiger partial charge on any atom is -0.347 e. The van der Waals surface area contributed by atoms with Gasteiger partial charge in [0.1, 0.15) is 0 Å². The first-order chi connectivity index (χ1) is 10.3. The molecule has 1 aliphatic carbocycles. The fraction of sp³-hybridized carbons (Fsp3) is 0.706. The van der Waals surface area contributed by atoms with Crippen molar-refractivity contribution in [3.63, 3.8) is 0 Å². The molecule has 4 heteroatoms. The zero-order valence-electron chi connectivity index (χ0n) is 12.6. The molecule has 0 radical (unpaired) electrons. The fourth-order valence-electron chi connectivity index (χ4n) is 3.69. The highest BCUT2D eigenvalue weighted by atomic mass is 32.1. The number of carbonyl (C=O) groups is 1. The summed E-state index contributed by atoms with van der Waals surface area (Å²) < 4.78 is 0. The smallest absolute Gasteiger partial charge is 0.237 e. The summed E-state index contributed by atoms with van der Waals surface area (Å²) in [5.74, 6) is 0.834. The van der Waals surface area contributed by atoms with Crippen LogP contribution in [0.25, 0.3) is 0 Å². The van der Waals surface area contributed by atoms with Crippen LogP contribution in [0.5, 0.6) is 0 Å². The highest BCUT2D eigenvalue weighted by molar-refractivity contribution is 7.10. The fourth-order valence-corrected chi connectivity index (χ4v) is 4.56. The molecular weight excluding hydrogens is 280 g/mol. The lowest BCUT2D eigenvalue weighted by Gasteiger charge is -2.26. The van der Waals surface area contributed by atoms with Gasteiger partial charge >= 0.3 is 0 Å². The van der Waals surface area contributed by atoms with Crippen LogP contribution in [0.15, 0.2) is 17.5 Å². The molecule has 0 aromatic carbocycles. The Morgan fingerprint density at radius 2 is 2.00 bits per heavy atom. The van der Waals surface area contributed by atoms with E-state index in [1.54, 1.807) is 11.3 Å². The van der Waals surface area contributed by atoms with Gasteiger partial charge in [0.2, 0.25) is 5.91 Å². The zero-order valence-corrected chi connectivity index (χ0v) is 13.5. The Morgan fingerprint density at radius 3 is 2.76 bits per heavy atom. The lowest BCUT2D eigenvalue weighted by Crippen LogP contribution is -2.46. The highest BCUT2D eigenvalue weighted by Crippen LogP contribution is 2.37. The lowest BCUT2D eigenvalue weighted by molar-refractivity contribution is -0.124. The molecule has 1 saturated heterocycles. The van der Waals surface area contributed by atoms with Crippen LogP contribution in [0, 0.1) is 5.92 Å². The van der Waals surface area contributed by atoms with Crippen LogP contribution < -0.4 is 10.6 Å². The van der Waals surface area contributed by atoms with Crippen molar-refractivity contribution < 1.29 is 4.79 Å². The molecule has 2 N–H and O–H groups in total. The van der Waals surface area contributed by atoms with Crippen molar-refractivity contribution in [2.75, 3.05) is 6.54 Å². The van der Waals surface area contributed by atoms with Crippen LogP contribution >= 0.6 is 11.3 Å². The minimum absolute atomic E-state index is 0.0105. The SMILES string of the molecule is O=C(NC(c1cccs1)C1CCCC1)C1CCCCCN1. The largest absolute Gasteiger partial charge is 0.347 e. The predicted octanol–water partition coefficient (Wildman–Crippen LogP) is 3.63. The second-order valence-corrected chi connectivity index (χ2v) is 7.38. The standard InChI is InChI=1S/C17H26N2OS/c20-17(14-9-2-1-5-11-18-14)19-16(13-7-3-4-8-13)15-10-6-12-21-15/h6,10,12-14,16,18H,1-5,7-9,11H2,(H,19,20). The molecule has 1 aromatic heterocycles. The van der Waals surface area contributed by atoms with Crippen LogP contribution in [-0.2, 0) is 4.79 Å². The van der Waals surface area contributed by atoms with Crippen molar-refractivity contribution in [2.24, 2.45) is 5.92 Å². The lowest BCUT2D eigenvalue weighted by atomic mass is 9.96. The van der Waals surface area contributed by atoms with Crippen molar-refractivity contribution in [1.29, 1.82) is 0 Å². The molecule has 0 spiro atoms. The van der Waals surface area contributed by atoms with Gasteiger partial charge in [-0.25, -0.2) is 0 Å². The van der Waals surface area contributed by atoms with Crippen LogP contribution in [0.1, 0.15) is 62.3 Å². The molecule has 2 fully saturated rings. The number of hydrogen-bond acceptors (Lipinski definition) is 3. The van der Waals surface area contributed by atoms with Crippen LogP contribution in [0.4, 0.5) is 0 Å². The first kappa shape index (κ1) is 15.0. The van der Waals surface area contributed by atoms with Crippen LogP contribution in [0.2, 0.25) is 0 Å². The van der Waals surface area contributed by atoms with E-state index < -0.39 is 0 Å². The summed E-state index contributed by atoms with van der Waals surface area (Å²) in [6.07, 6.45) is 9.70. The number of rotatable bonds is 4. The summed E-state index contributed by atoms with van der Waals surface area (Å²) in [7, 11) is 0. The van der Waals surface area contributed by atoms with Gasteiger partial charge in [-0.15, -0.1) is 11.3 Å². The highest BCUT2D eigenvalue weighted by Gasteiger charge is 2.30. The molecule has 1 saturated carbocycles. The predicted molar refractivity (Wildman–Crippen MR) is 87.4 cm³/mol. The van der Waals surface area contributed by atoms with E-state index in [0.29, 0.717) is 5.92 Å². The Balaban J connectivity index is 1.67. The van der Waals surface area contributed by atoms with E-state index in [1.165, 1.54) is 43.4 Å². The Bertz CT molecular complexity index is 432. The first-order valence-electron chi connectivity index (χ1n) is 8.42. The number of carbonyl (C=O) groups excluding carboxylic acids is 1. The van der Waals surface area contributed by atoms with E-state index in [-0.39, 0.29) is 18.0 Å². The van der Waals surface area contributed by atoms with Gasteiger partial charge < -0.3 is 10.6 Å². The van der Waals surface area contributed by atoms with E-state index in [4.69, 9.17) is 0 Å². The maximum Gasteiger partial charge on any atom is 0.237 e. The summed E-state index contributed by atoms with van der Waals surface area (Å²) in [5.41, 5.74) is 0. The van der Waals surface area contributed by atoms with Gasteiger partial charge in [-0.2, -0.15) is 0 Å². The maximum absolute atomic E-state index is 12.6. The Hall–Kier alpha value is -0.870. The summed E-state index contributed by atoms with van der Waals surface area (Å²) >= 11 is 1.78. The average Bonchev–Trinajstić information content (AvgIpc) is 3.14. The molecule has 2 heterocycles.